The molecular formula is C38H56O2. The Morgan fingerprint density at radius 1 is 0.600 bits per heavy atom. The number of benzene rings is 1. The number of allylic oxidation sites excluding steroid dienone is 11. The minimum Gasteiger partial charge on any atom is -0.481 e. The van der Waals surface area contributed by atoms with Crippen LogP contribution in [0, 0.1) is 5.92 Å². The van der Waals surface area contributed by atoms with Crippen LogP contribution in [0.1, 0.15) is 118 Å². The molecule has 0 heterocycles. The summed E-state index contributed by atoms with van der Waals surface area (Å²) in [6, 6.07) is 9.89. The molecule has 0 amide bonds. The fourth-order valence-corrected chi connectivity index (χ4v) is 4.71. The molecule has 2 nitrogen and oxygen atoms in total. The Labute approximate surface area is 246 Å². The Bertz CT molecular complexity index is 1060. The first-order valence-corrected chi connectivity index (χ1v) is 15.3. The molecule has 0 bridgehead atoms. The summed E-state index contributed by atoms with van der Waals surface area (Å²) in [5.74, 6) is -1.20. The van der Waals surface area contributed by atoms with Gasteiger partial charge in [0, 0.05) is 0 Å². The number of carboxylic acids is 1. The molecule has 1 unspecified atom stereocenters. The number of unbranched alkanes of at least 4 members (excludes halogenated alkanes) is 1. The molecule has 0 aromatic heterocycles. The highest BCUT2D eigenvalue weighted by molar-refractivity contribution is 5.73. The predicted octanol–water partition coefficient (Wildman–Crippen LogP) is 11.5. The molecule has 0 fully saturated rings. The first-order valence-electron chi connectivity index (χ1n) is 15.3. The van der Waals surface area contributed by atoms with E-state index in [2.05, 4.69) is 78.0 Å². The normalized spacial score (nSPS) is 14.3. The molecule has 0 saturated carbocycles. The maximum atomic E-state index is 11.8. The monoisotopic (exact) mass is 544 g/mol. The number of carbonyl (C=O) groups is 1. The van der Waals surface area contributed by atoms with Gasteiger partial charge in [-0.3, -0.25) is 4.79 Å². The van der Waals surface area contributed by atoms with E-state index in [4.69, 9.17) is 0 Å². The van der Waals surface area contributed by atoms with E-state index >= 15 is 0 Å². The molecule has 1 rings (SSSR count). The number of aliphatic carboxylic acids is 1. The number of hydrogen-bond acceptors (Lipinski definition) is 1. The number of rotatable bonds is 19. The summed E-state index contributed by atoms with van der Waals surface area (Å²) in [7, 11) is 0. The lowest BCUT2D eigenvalue weighted by atomic mass is 9.91. The van der Waals surface area contributed by atoms with Crippen LogP contribution in [0.2, 0.25) is 0 Å². The van der Waals surface area contributed by atoms with Gasteiger partial charge in [-0.2, -0.15) is 0 Å². The Morgan fingerprint density at radius 2 is 1.00 bits per heavy atom. The van der Waals surface area contributed by atoms with Crippen molar-refractivity contribution in [2.45, 2.75) is 119 Å². The second-order valence-corrected chi connectivity index (χ2v) is 11.7. The summed E-state index contributed by atoms with van der Waals surface area (Å²) in [6.45, 7) is 15.2. The van der Waals surface area contributed by atoms with Crippen molar-refractivity contribution in [2.24, 2.45) is 5.92 Å². The highest BCUT2D eigenvalue weighted by Crippen LogP contribution is 2.20. The van der Waals surface area contributed by atoms with Gasteiger partial charge in [0.2, 0.25) is 0 Å². The Kier molecular flexibility index (Phi) is 18.4. The zero-order valence-electron chi connectivity index (χ0n) is 26.6. The molecule has 1 aromatic carbocycles. The fraction of sp³-hybridized carbons (Fsp3) is 0.500. The van der Waals surface area contributed by atoms with Crippen molar-refractivity contribution in [2.75, 3.05) is 0 Å². The third-order valence-corrected chi connectivity index (χ3v) is 7.44. The van der Waals surface area contributed by atoms with Crippen LogP contribution < -0.4 is 0 Å². The Balaban J connectivity index is 2.34. The first kappa shape index (κ1) is 35.2. The van der Waals surface area contributed by atoms with E-state index in [-0.39, 0.29) is 0 Å². The van der Waals surface area contributed by atoms with Gasteiger partial charge in [-0.1, -0.05) is 100 Å². The van der Waals surface area contributed by atoms with Gasteiger partial charge in [0.05, 0.1) is 5.92 Å². The van der Waals surface area contributed by atoms with E-state index in [1.807, 2.05) is 37.3 Å². The predicted molar refractivity (Wildman–Crippen MR) is 176 cm³/mol. The highest BCUT2D eigenvalue weighted by Gasteiger charge is 2.19. The van der Waals surface area contributed by atoms with E-state index in [1.165, 1.54) is 34.3 Å². The van der Waals surface area contributed by atoms with Crippen molar-refractivity contribution in [3.63, 3.8) is 0 Å². The van der Waals surface area contributed by atoms with Gasteiger partial charge in [0.1, 0.15) is 0 Å². The third kappa shape index (κ3) is 17.7. The smallest absolute Gasteiger partial charge is 0.310 e. The summed E-state index contributed by atoms with van der Waals surface area (Å²) in [5.41, 5.74) is 9.27. The topological polar surface area (TPSA) is 37.3 Å². The van der Waals surface area contributed by atoms with Gasteiger partial charge in [-0.15, -0.1) is 0 Å². The van der Waals surface area contributed by atoms with Crippen molar-refractivity contribution in [3.05, 3.63) is 106 Å². The lowest BCUT2D eigenvalue weighted by molar-refractivity contribution is -0.140. The van der Waals surface area contributed by atoms with Crippen molar-refractivity contribution >= 4 is 5.97 Å². The van der Waals surface area contributed by atoms with Crippen LogP contribution in [0.25, 0.3) is 0 Å². The minimum atomic E-state index is -0.744. The summed E-state index contributed by atoms with van der Waals surface area (Å²) >= 11 is 0. The summed E-state index contributed by atoms with van der Waals surface area (Å²) in [6.07, 6.45) is 25.4. The largest absolute Gasteiger partial charge is 0.481 e. The van der Waals surface area contributed by atoms with Gasteiger partial charge < -0.3 is 5.11 Å². The molecule has 1 N–H and O–H groups in total. The van der Waals surface area contributed by atoms with Gasteiger partial charge in [-0.25, -0.2) is 0 Å². The minimum absolute atomic E-state index is 0.457. The first-order chi connectivity index (χ1) is 19.1. The van der Waals surface area contributed by atoms with E-state index in [0.29, 0.717) is 6.42 Å². The van der Waals surface area contributed by atoms with Crippen molar-refractivity contribution in [3.8, 4) is 0 Å². The molecular weight excluding hydrogens is 488 g/mol. The van der Waals surface area contributed by atoms with E-state index in [9.17, 15) is 9.90 Å². The molecule has 2 heteroatoms. The molecule has 0 aliphatic heterocycles. The van der Waals surface area contributed by atoms with Crippen molar-refractivity contribution in [1.29, 1.82) is 0 Å². The van der Waals surface area contributed by atoms with Crippen molar-refractivity contribution < 1.29 is 9.90 Å². The van der Waals surface area contributed by atoms with Crippen LogP contribution in [-0.2, 0) is 11.2 Å². The van der Waals surface area contributed by atoms with Crippen LogP contribution in [0.3, 0.4) is 0 Å². The van der Waals surface area contributed by atoms with E-state index < -0.39 is 11.9 Å². The lowest BCUT2D eigenvalue weighted by Crippen LogP contribution is -2.17. The highest BCUT2D eigenvalue weighted by atomic mass is 16.4. The van der Waals surface area contributed by atoms with Crippen LogP contribution in [0.5, 0.6) is 0 Å². The molecule has 0 aliphatic rings. The number of hydrogen-bond donors (Lipinski definition) is 1. The second kappa shape index (κ2) is 21.0. The van der Waals surface area contributed by atoms with Gasteiger partial charge >= 0.3 is 5.97 Å². The van der Waals surface area contributed by atoms with Crippen LogP contribution in [-0.4, -0.2) is 11.1 Å². The molecule has 1 aromatic rings. The number of carboxylic acid groups (broad SMARTS) is 1. The summed E-state index contributed by atoms with van der Waals surface area (Å²) in [4.78, 5) is 11.8. The molecule has 220 valence electrons. The molecule has 0 saturated heterocycles. The molecule has 0 spiro atoms. The summed E-state index contributed by atoms with van der Waals surface area (Å²) in [5, 5.41) is 9.71. The van der Waals surface area contributed by atoms with Gasteiger partial charge in [0.15, 0.2) is 0 Å². The van der Waals surface area contributed by atoms with Gasteiger partial charge in [-0.05, 0) is 125 Å². The Morgan fingerprint density at radius 3 is 1.43 bits per heavy atom. The maximum absolute atomic E-state index is 11.8. The van der Waals surface area contributed by atoms with Crippen molar-refractivity contribution in [1.82, 2.24) is 0 Å². The molecule has 0 aliphatic carbocycles. The van der Waals surface area contributed by atoms with Crippen LogP contribution in [0.15, 0.2) is 100 Å². The van der Waals surface area contributed by atoms with E-state index in [0.717, 1.165) is 68.9 Å². The molecule has 40 heavy (non-hydrogen) atoms. The summed E-state index contributed by atoms with van der Waals surface area (Å²) < 4.78 is 0. The molecule has 1 atom stereocenters. The zero-order valence-corrected chi connectivity index (χ0v) is 26.6. The van der Waals surface area contributed by atoms with Gasteiger partial charge in [0.25, 0.3) is 0 Å². The fourth-order valence-electron chi connectivity index (χ4n) is 4.71. The molecule has 0 radical (unpaired) electrons. The maximum Gasteiger partial charge on any atom is 0.310 e. The quantitative estimate of drug-likeness (QED) is 0.139. The Hall–Kier alpha value is -2.87. The SMILES string of the molecule is CC(C)=CCC/C(C)=C/CC/C(C)=C/CC/C=C(\C)CC/C=C(\C)CC/C=C(\C)C(Cc1ccccc1)C(=O)O. The standard InChI is InChI=1S/C38H56O2/c1-30(2)17-13-20-33(5)23-14-21-31(3)18-11-12-19-32(4)22-15-24-34(6)25-16-26-35(7)37(38(39)40)29-36-27-9-8-10-28-36/h8-10,17-19,23-24,26-28,37H,11-16,20-22,25,29H2,1-7H3,(H,39,40)/b31-18+,32-19+,33-23+,34-24+,35-26+. The average Bonchev–Trinajstić information content (AvgIpc) is 2.90. The average molecular weight is 545 g/mol. The van der Waals surface area contributed by atoms with Crippen LogP contribution >= 0.6 is 0 Å². The second-order valence-electron chi connectivity index (χ2n) is 11.7. The zero-order chi connectivity index (χ0) is 29.8. The third-order valence-electron chi connectivity index (χ3n) is 7.44. The lowest BCUT2D eigenvalue weighted by Gasteiger charge is -2.13. The van der Waals surface area contributed by atoms with E-state index in [1.54, 1.807) is 0 Å². The van der Waals surface area contributed by atoms with Crippen LogP contribution in [0.4, 0.5) is 0 Å².